The maximum absolute atomic E-state index is 13.1. The van der Waals surface area contributed by atoms with Crippen LogP contribution in [0.2, 0.25) is 0 Å². The number of rotatable bonds is 5. The van der Waals surface area contributed by atoms with Gasteiger partial charge in [0, 0.05) is 44.1 Å². The number of aliphatic hydroxyl groups excluding tert-OH is 1. The van der Waals surface area contributed by atoms with Crippen molar-refractivity contribution in [1.82, 2.24) is 14.8 Å². The molecular weight excluding hydrogens is 426 g/mol. The number of nitrogens with zero attached hydrogens (tertiary/aromatic N) is 3. The Hall–Kier alpha value is -3.43. The predicted molar refractivity (Wildman–Crippen MR) is 118 cm³/mol. The van der Waals surface area contributed by atoms with Crippen LogP contribution in [0.3, 0.4) is 0 Å². The molecule has 0 saturated carbocycles. The van der Waals surface area contributed by atoms with Crippen molar-refractivity contribution in [1.29, 1.82) is 0 Å². The minimum absolute atomic E-state index is 0.0478. The van der Waals surface area contributed by atoms with Gasteiger partial charge in [-0.1, -0.05) is 6.07 Å². The minimum atomic E-state index is -0.729. The molecule has 2 aromatic rings. The molecule has 0 aliphatic carbocycles. The van der Waals surface area contributed by atoms with Gasteiger partial charge in [0.25, 0.3) is 11.7 Å². The molecule has 1 unspecified atom stereocenters. The van der Waals surface area contributed by atoms with Crippen LogP contribution in [0.4, 0.5) is 0 Å². The quantitative estimate of drug-likeness (QED) is 0.416. The summed E-state index contributed by atoms with van der Waals surface area (Å²) < 4.78 is 16.6. The molecule has 1 aromatic heterocycles. The number of hydrogen-bond acceptors (Lipinski definition) is 8. The summed E-state index contributed by atoms with van der Waals surface area (Å²) in [5, 5.41) is 11.2. The zero-order valence-corrected chi connectivity index (χ0v) is 18.1. The third-order valence-corrected chi connectivity index (χ3v) is 6.12. The van der Waals surface area contributed by atoms with E-state index in [1.54, 1.807) is 36.7 Å². The number of ketones is 1. The second-order valence-corrected chi connectivity index (χ2v) is 8.09. The lowest BCUT2D eigenvalue weighted by Gasteiger charge is -2.30. The molecule has 33 heavy (non-hydrogen) atoms. The second kappa shape index (κ2) is 9.21. The van der Waals surface area contributed by atoms with Crippen LogP contribution < -0.4 is 9.47 Å². The van der Waals surface area contributed by atoms with Crippen molar-refractivity contribution in [2.75, 3.05) is 52.6 Å². The molecule has 4 heterocycles. The average Bonchev–Trinajstić information content (AvgIpc) is 3.12. The number of aliphatic hydroxyl groups is 1. The van der Waals surface area contributed by atoms with Gasteiger partial charge >= 0.3 is 0 Å². The Balaban J connectivity index is 1.52. The maximum atomic E-state index is 13.1. The fourth-order valence-electron chi connectivity index (χ4n) is 4.41. The Labute approximate surface area is 191 Å². The first kappa shape index (κ1) is 21.4. The van der Waals surface area contributed by atoms with Gasteiger partial charge in [0.15, 0.2) is 11.5 Å². The zero-order chi connectivity index (χ0) is 22.8. The topological polar surface area (TPSA) is 101 Å². The molecule has 1 N–H and O–H groups in total. The summed E-state index contributed by atoms with van der Waals surface area (Å²) in [5.41, 5.74) is 1.10. The van der Waals surface area contributed by atoms with Crippen molar-refractivity contribution in [3.63, 3.8) is 0 Å². The summed E-state index contributed by atoms with van der Waals surface area (Å²) in [5.74, 6) is -0.514. The maximum Gasteiger partial charge on any atom is 0.295 e. The van der Waals surface area contributed by atoms with Gasteiger partial charge in [-0.3, -0.25) is 19.5 Å². The zero-order valence-electron chi connectivity index (χ0n) is 18.1. The highest BCUT2D eigenvalue weighted by molar-refractivity contribution is 6.46. The average molecular weight is 451 g/mol. The summed E-state index contributed by atoms with van der Waals surface area (Å²) in [6.45, 7) is 4.66. The number of Topliss-reactive ketones (excluding diaryl/α,β-unsaturated/α-hetero) is 1. The number of hydrogen-bond donors (Lipinski definition) is 1. The first-order valence-electron chi connectivity index (χ1n) is 11.0. The van der Waals surface area contributed by atoms with Crippen molar-refractivity contribution < 1.29 is 28.9 Å². The van der Waals surface area contributed by atoms with Crippen LogP contribution in [0.5, 0.6) is 11.5 Å². The van der Waals surface area contributed by atoms with Gasteiger partial charge < -0.3 is 24.2 Å². The fraction of sp³-hybridized carbons (Fsp3) is 0.375. The van der Waals surface area contributed by atoms with E-state index >= 15 is 0 Å². The monoisotopic (exact) mass is 451 g/mol. The van der Waals surface area contributed by atoms with E-state index in [1.165, 1.54) is 4.90 Å². The summed E-state index contributed by atoms with van der Waals surface area (Å²) in [6.07, 6.45) is 3.25. The molecule has 2 fully saturated rings. The molecule has 1 amide bonds. The van der Waals surface area contributed by atoms with Crippen LogP contribution >= 0.6 is 0 Å². The molecule has 172 valence electrons. The lowest BCUT2D eigenvalue weighted by atomic mass is 9.96. The summed E-state index contributed by atoms with van der Waals surface area (Å²) >= 11 is 0. The third kappa shape index (κ3) is 4.17. The van der Waals surface area contributed by atoms with Crippen LogP contribution in [0.25, 0.3) is 5.76 Å². The lowest BCUT2D eigenvalue weighted by Crippen LogP contribution is -2.42. The number of amides is 1. The number of ether oxygens (including phenoxy) is 3. The van der Waals surface area contributed by atoms with Crippen molar-refractivity contribution in [3.8, 4) is 11.5 Å². The Morgan fingerprint density at radius 1 is 1.03 bits per heavy atom. The van der Waals surface area contributed by atoms with Gasteiger partial charge in [0.1, 0.15) is 19.0 Å². The Morgan fingerprint density at radius 2 is 1.82 bits per heavy atom. The van der Waals surface area contributed by atoms with Crippen molar-refractivity contribution in [2.45, 2.75) is 6.04 Å². The molecule has 0 spiro atoms. The summed E-state index contributed by atoms with van der Waals surface area (Å²) in [4.78, 5) is 34.1. The third-order valence-electron chi connectivity index (χ3n) is 6.12. The van der Waals surface area contributed by atoms with Crippen molar-refractivity contribution in [3.05, 3.63) is 59.4 Å². The Bertz CT molecular complexity index is 1080. The Kier molecular flexibility index (Phi) is 5.97. The van der Waals surface area contributed by atoms with Crippen LogP contribution in [-0.4, -0.2) is 84.2 Å². The molecule has 9 nitrogen and oxygen atoms in total. The largest absolute Gasteiger partial charge is 0.507 e. The fourth-order valence-corrected chi connectivity index (χ4v) is 4.41. The molecule has 5 rings (SSSR count). The second-order valence-electron chi connectivity index (χ2n) is 8.09. The number of fused-ring (bicyclic) bond motifs is 1. The van der Waals surface area contributed by atoms with E-state index < -0.39 is 17.7 Å². The number of benzene rings is 1. The van der Waals surface area contributed by atoms with Gasteiger partial charge in [-0.05, 0) is 29.8 Å². The number of carbonyl (C=O) groups excluding carboxylic acids is 2. The molecular formula is C24H25N3O6. The smallest absolute Gasteiger partial charge is 0.295 e. The standard InChI is InChI=1S/C24H25N3O6/c28-22(16-3-4-18-19(14-16)33-13-12-32-18)20-21(17-2-1-5-25-15-17)27(24(30)23(20)29)7-6-26-8-10-31-11-9-26/h1-5,14-15,21,28H,6-13H2/b22-20-. The highest BCUT2D eigenvalue weighted by Gasteiger charge is 2.46. The number of likely N-dealkylation sites (tertiary alicyclic amines) is 1. The minimum Gasteiger partial charge on any atom is -0.507 e. The number of carbonyl (C=O) groups is 2. The molecule has 0 bridgehead atoms. The van der Waals surface area contributed by atoms with E-state index in [0.717, 1.165) is 13.1 Å². The van der Waals surface area contributed by atoms with E-state index in [4.69, 9.17) is 14.2 Å². The number of aromatic nitrogens is 1. The molecule has 9 heteroatoms. The normalized spacial score (nSPS) is 22.5. The van der Waals surface area contributed by atoms with Gasteiger partial charge in [0.2, 0.25) is 0 Å². The van der Waals surface area contributed by atoms with Crippen LogP contribution in [0, 0.1) is 0 Å². The first-order valence-corrected chi connectivity index (χ1v) is 11.0. The van der Waals surface area contributed by atoms with Gasteiger partial charge in [-0.2, -0.15) is 0 Å². The van der Waals surface area contributed by atoms with Gasteiger partial charge in [-0.25, -0.2) is 0 Å². The van der Waals surface area contributed by atoms with E-state index in [-0.39, 0.29) is 11.3 Å². The predicted octanol–water partition coefficient (Wildman–Crippen LogP) is 1.61. The lowest BCUT2D eigenvalue weighted by molar-refractivity contribution is -0.140. The van der Waals surface area contributed by atoms with E-state index in [9.17, 15) is 14.7 Å². The molecule has 1 aromatic carbocycles. The molecule has 0 radical (unpaired) electrons. The van der Waals surface area contributed by atoms with Crippen LogP contribution in [0.15, 0.2) is 48.3 Å². The summed E-state index contributed by atoms with van der Waals surface area (Å²) in [6, 6.07) is 7.81. The molecule has 3 aliphatic rings. The van der Waals surface area contributed by atoms with Gasteiger partial charge in [-0.15, -0.1) is 0 Å². The molecule has 1 atom stereocenters. The summed E-state index contributed by atoms with van der Waals surface area (Å²) in [7, 11) is 0. The highest BCUT2D eigenvalue weighted by atomic mass is 16.6. The van der Waals surface area contributed by atoms with E-state index in [2.05, 4.69) is 9.88 Å². The van der Waals surface area contributed by atoms with E-state index in [1.807, 2.05) is 6.07 Å². The SMILES string of the molecule is O=C1C(=O)N(CCN2CCOCC2)C(c2cccnc2)/C1=C(/O)c1ccc2c(c1)OCCO2. The van der Waals surface area contributed by atoms with Crippen molar-refractivity contribution >= 4 is 17.4 Å². The van der Waals surface area contributed by atoms with Gasteiger partial charge in [0.05, 0.1) is 24.8 Å². The van der Waals surface area contributed by atoms with Crippen LogP contribution in [0.1, 0.15) is 17.2 Å². The highest BCUT2D eigenvalue weighted by Crippen LogP contribution is 2.40. The Morgan fingerprint density at radius 3 is 2.58 bits per heavy atom. The van der Waals surface area contributed by atoms with E-state index in [0.29, 0.717) is 62.1 Å². The molecule has 3 aliphatic heterocycles. The number of pyridine rings is 1. The van der Waals surface area contributed by atoms with Crippen LogP contribution in [-0.2, 0) is 14.3 Å². The number of morpholine rings is 1. The van der Waals surface area contributed by atoms with Crippen molar-refractivity contribution in [2.24, 2.45) is 0 Å². The molecule has 2 saturated heterocycles. The first-order chi connectivity index (χ1) is 16.1.